The fraction of sp³-hybridized carbons (Fsp3) is 0.150. The van der Waals surface area contributed by atoms with E-state index in [1.165, 1.54) is 0 Å². The summed E-state index contributed by atoms with van der Waals surface area (Å²) in [5.74, 6) is 1.18. The second-order valence-electron chi connectivity index (χ2n) is 6.58. The molecule has 1 saturated heterocycles. The van der Waals surface area contributed by atoms with Crippen molar-refractivity contribution in [3.8, 4) is 11.3 Å². The number of hydrogen-bond donors (Lipinski definition) is 2. The number of imidazole rings is 1. The predicted molar refractivity (Wildman–Crippen MR) is 98.8 cm³/mol. The lowest BCUT2D eigenvalue weighted by Gasteiger charge is -2.37. The molecule has 26 heavy (non-hydrogen) atoms. The van der Waals surface area contributed by atoms with Gasteiger partial charge < -0.3 is 9.88 Å². The summed E-state index contributed by atoms with van der Waals surface area (Å²) >= 11 is 0. The molecule has 0 bridgehead atoms. The Labute approximate surface area is 149 Å². The van der Waals surface area contributed by atoms with Gasteiger partial charge in [-0.2, -0.15) is 5.10 Å². The summed E-state index contributed by atoms with van der Waals surface area (Å²) in [6.45, 7) is 1.33. The van der Waals surface area contributed by atoms with Gasteiger partial charge in [0.2, 0.25) is 0 Å². The van der Waals surface area contributed by atoms with Crippen LogP contribution >= 0.6 is 0 Å². The third-order valence-corrected chi connectivity index (χ3v) is 4.84. The van der Waals surface area contributed by atoms with Gasteiger partial charge in [-0.25, -0.2) is 4.98 Å². The third-order valence-electron chi connectivity index (χ3n) is 4.84. The molecule has 4 aromatic rings. The van der Waals surface area contributed by atoms with Crippen LogP contribution in [-0.4, -0.2) is 44.1 Å². The van der Waals surface area contributed by atoms with Gasteiger partial charge in [-0.15, -0.1) is 0 Å². The van der Waals surface area contributed by atoms with Crippen molar-refractivity contribution in [2.75, 3.05) is 13.1 Å². The zero-order chi connectivity index (χ0) is 17.5. The number of para-hydroxylation sites is 2. The molecule has 1 amide bonds. The summed E-state index contributed by atoms with van der Waals surface area (Å²) in [6.07, 6.45) is 0. The van der Waals surface area contributed by atoms with Gasteiger partial charge in [0.05, 0.1) is 22.6 Å². The van der Waals surface area contributed by atoms with Crippen LogP contribution < -0.4 is 0 Å². The van der Waals surface area contributed by atoms with E-state index in [1.807, 2.05) is 65.6 Å². The molecule has 0 atom stereocenters. The summed E-state index contributed by atoms with van der Waals surface area (Å²) in [6, 6.07) is 19.6. The summed E-state index contributed by atoms with van der Waals surface area (Å²) in [5, 5.41) is 7.13. The Kier molecular flexibility index (Phi) is 3.35. The molecule has 0 unspecified atom stereocenters. The number of H-pyrrole nitrogens is 2. The third kappa shape index (κ3) is 2.47. The van der Waals surface area contributed by atoms with Crippen molar-refractivity contribution in [2.45, 2.75) is 5.92 Å². The van der Waals surface area contributed by atoms with Crippen molar-refractivity contribution >= 4 is 16.9 Å². The van der Waals surface area contributed by atoms with Gasteiger partial charge in [-0.1, -0.05) is 42.5 Å². The number of likely N-dealkylation sites (tertiary alicyclic amines) is 1. The van der Waals surface area contributed by atoms with Crippen LogP contribution in [0, 0.1) is 0 Å². The average molecular weight is 343 g/mol. The second kappa shape index (κ2) is 5.84. The van der Waals surface area contributed by atoms with Gasteiger partial charge in [-0.3, -0.25) is 9.89 Å². The van der Waals surface area contributed by atoms with E-state index in [0.29, 0.717) is 18.8 Å². The lowest BCUT2D eigenvalue weighted by atomic mass is 9.99. The van der Waals surface area contributed by atoms with E-state index in [0.717, 1.165) is 28.1 Å². The van der Waals surface area contributed by atoms with Crippen LogP contribution in [0.25, 0.3) is 22.3 Å². The topological polar surface area (TPSA) is 77.7 Å². The zero-order valence-corrected chi connectivity index (χ0v) is 14.0. The number of hydrogen-bond acceptors (Lipinski definition) is 3. The highest BCUT2D eigenvalue weighted by Gasteiger charge is 2.34. The smallest absolute Gasteiger partial charge is 0.271 e. The molecule has 6 nitrogen and oxygen atoms in total. The number of nitrogens with one attached hydrogen (secondary N) is 2. The van der Waals surface area contributed by atoms with Crippen molar-refractivity contribution in [1.82, 2.24) is 25.1 Å². The molecule has 0 spiro atoms. The average Bonchev–Trinajstić information content (AvgIpc) is 3.28. The van der Waals surface area contributed by atoms with Gasteiger partial charge in [0.1, 0.15) is 11.5 Å². The Morgan fingerprint density at radius 1 is 1.04 bits per heavy atom. The maximum absolute atomic E-state index is 12.6. The fourth-order valence-electron chi connectivity index (χ4n) is 3.34. The van der Waals surface area contributed by atoms with Crippen LogP contribution in [0.4, 0.5) is 0 Å². The molecule has 5 rings (SSSR count). The van der Waals surface area contributed by atoms with Gasteiger partial charge >= 0.3 is 0 Å². The highest BCUT2D eigenvalue weighted by atomic mass is 16.2. The number of carbonyl (C=O) groups is 1. The van der Waals surface area contributed by atoms with Crippen LogP contribution in [0.3, 0.4) is 0 Å². The van der Waals surface area contributed by atoms with Crippen molar-refractivity contribution in [2.24, 2.45) is 0 Å². The Morgan fingerprint density at radius 2 is 1.81 bits per heavy atom. The minimum atomic E-state index is -0.0213. The van der Waals surface area contributed by atoms with E-state index < -0.39 is 0 Å². The predicted octanol–water partition coefficient (Wildman–Crippen LogP) is 3.19. The molecule has 3 heterocycles. The Hall–Kier alpha value is -3.41. The number of aromatic amines is 2. The Morgan fingerprint density at radius 3 is 2.62 bits per heavy atom. The fourth-order valence-corrected chi connectivity index (χ4v) is 3.34. The van der Waals surface area contributed by atoms with Crippen LogP contribution in [0.1, 0.15) is 22.2 Å². The molecule has 1 fully saturated rings. The Balaban J connectivity index is 1.29. The van der Waals surface area contributed by atoms with E-state index in [9.17, 15) is 4.79 Å². The summed E-state index contributed by atoms with van der Waals surface area (Å²) in [7, 11) is 0. The molecule has 2 N–H and O–H groups in total. The quantitative estimate of drug-likeness (QED) is 0.600. The number of benzene rings is 2. The molecule has 0 radical (unpaired) electrons. The standard InChI is InChI=1S/C20H17N5O/c26-20(18-10-17(23-24-18)13-6-2-1-3-7-13)25-11-14(12-25)19-21-15-8-4-5-9-16(15)22-19/h1-10,14H,11-12H2,(H,21,22)(H,23,24). The van der Waals surface area contributed by atoms with Gasteiger partial charge in [0.25, 0.3) is 5.91 Å². The molecule has 1 aliphatic heterocycles. The molecule has 1 aliphatic rings. The van der Waals surface area contributed by atoms with E-state index in [2.05, 4.69) is 20.2 Å². The van der Waals surface area contributed by atoms with Crippen LogP contribution in [0.2, 0.25) is 0 Å². The van der Waals surface area contributed by atoms with Crippen LogP contribution in [0.15, 0.2) is 60.7 Å². The number of rotatable bonds is 3. The first kappa shape index (κ1) is 14.9. The molecule has 2 aromatic carbocycles. The maximum atomic E-state index is 12.6. The second-order valence-corrected chi connectivity index (χ2v) is 6.58. The molecular weight excluding hydrogens is 326 g/mol. The van der Waals surface area contributed by atoms with Crippen molar-refractivity contribution < 1.29 is 4.79 Å². The summed E-state index contributed by atoms with van der Waals surface area (Å²) < 4.78 is 0. The van der Waals surface area contributed by atoms with Crippen molar-refractivity contribution in [3.63, 3.8) is 0 Å². The van der Waals surface area contributed by atoms with Gasteiger partial charge in [0, 0.05) is 18.7 Å². The molecular formula is C20H17N5O. The zero-order valence-electron chi connectivity index (χ0n) is 14.0. The highest BCUT2D eigenvalue weighted by Crippen LogP contribution is 2.28. The Bertz CT molecular complexity index is 1040. The molecule has 6 heteroatoms. The minimum Gasteiger partial charge on any atom is -0.342 e. The monoisotopic (exact) mass is 343 g/mol. The molecule has 128 valence electrons. The lowest BCUT2D eigenvalue weighted by Crippen LogP contribution is -2.48. The number of nitrogens with zero attached hydrogens (tertiary/aromatic N) is 3. The summed E-state index contributed by atoms with van der Waals surface area (Å²) in [4.78, 5) is 22.4. The lowest BCUT2D eigenvalue weighted by molar-refractivity contribution is 0.0589. The number of carbonyl (C=O) groups excluding carboxylic acids is 1. The first-order valence-corrected chi connectivity index (χ1v) is 8.63. The maximum Gasteiger partial charge on any atom is 0.271 e. The van der Waals surface area contributed by atoms with E-state index in [4.69, 9.17) is 0 Å². The SMILES string of the molecule is O=C(c1cc(-c2ccccc2)n[nH]1)N1CC(c2nc3ccccc3[nH]2)C1. The van der Waals surface area contributed by atoms with Gasteiger partial charge in [-0.05, 0) is 18.2 Å². The summed E-state index contributed by atoms with van der Waals surface area (Å²) in [5.41, 5.74) is 4.29. The van der Waals surface area contributed by atoms with E-state index in [-0.39, 0.29) is 11.8 Å². The minimum absolute atomic E-state index is 0.0213. The first-order valence-electron chi connectivity index (χ1n) is 8.63. The van der Waals surface area contributed by atoms with Crippen LogP contribution in [-0.2, 0) is 0 Å². The number of fused-ring (bicyclic) bond motifs is 1. The van der Waals surface area contributed by atoms with Crippen molar-refractivity contribution in [3.05, 3.63) is 72.2 Å². The number of aromatic nitrogens is 4. The number of amides is 1. The molecule has 0 saturated carbocycles. The van der Waals surface area contributed by atoms with E-state index >= 15 is 0 Å². The largest absolute Gasteiger partial charge is 0.342 e. The normalized spacial score (nSPS) is 14.5. The van der Waals surface area contributed by atoms with Crippen molar-refractivity contribution in [1.29, 1.82) is 0 Å². The van der Waals surface area contributed by atoms with Crippen LogP contribution in [0.5, 0.6) is 0 Å². The highest BCUT2D eigenvalue weighted by molar-refractivity contribution is 5.94. The van der Waals surface area contributed by atoms with Gasteiger partial charge in [0.15, 0.2) is 0 Å². The first-order chi connectivity index (χ1) is 12.8. The van der Waals surface area contributed by atoms with E-state index in [1.54, 1.807) is 0 Å². The molecule has 2 aromatic heterocycles. The molecule has 0 aliphatic carbocycles.